The first-order chi connectivity index (χ1) is 15.8. The van der Waals surface area contributed by atoms with Crippen LogP contribution >= 0.6 is 0 Å². The van der Waals surface area contributed by atoms with Crippen molar-refractivity contribution in [3.8, 4) is 11.5 Å². The van der Waals surface area contributed by atoms with Crippen molar-refractivity contribution in [3.05, 3.63) is 53.6 Å². The van der Waals surface area contributed by atoms with Gasteiger partial charge in [-0.25, -0.2) is 4.90 Å². The summed E-state index contributed by atoms with van der Waals surface area (Å²) >= 11 is 0. The van der Waals surface area contributed by atoms with Crippen LogP contribution in [0.2, 0.25) is 0 Å². The van der Waals surface area contributed by atoms with E-state index < -0.39 is 23.7 Å². The zero-order valence-corrected chi connectivity index (χ0v) is 17.7. The highest BCUT2D eigenvalue weighted by Crippen LogP contribution is 2.34. The molecule has 0 radical (unpaired) electrons. The van der Waals surface area contributed by atoms with E-state index in [0.717, 1.165) is 53.7 Å². The molecule has 0 spiro atoms. The highest BCUT2D eigenvalue weighted by Gasteiger charge is 2.43. The quantitative estimate of drug-likeness (QED) is 0.653. The Morgan fingerprint density at radius 1 is 0.909 bits per heavy atom. The molecule has 174 valence electrons. The van der Waals surface area contributed by atoms with E-state index in [1.54, 1.807) is 0 Å². The number of hydrogen-bond donors (Lipinski definition) is 0. The third kappa shape index (κ3) is 4.28. The van der Waals surface area contributed by atoms with Crippen LogP contribution in [0.4, 0.5) is 18.9 Å². The summed E-state index contributed by atoms with van der Waals surface area (Å²) in [5.74, 6) is 0.701. The smallest absolute Gasteiger partial charge is 0.416 e. The van der Waals surface area contributed by atoms with Crippen molar-refractivity contribution in [2.24, 2.45) is 0 Å². The van der Waals surface area contributed by atoms with E-state index in [1.165, 1.54) is 12.1 Å². The van der Waals surface area contributed by atoms with Crippen LogP contribution in [0.15, 0.2) is 42.5 Å². The average Bonchev–Trinajstić information content (AvgIpc) is 3.37. The second-order valence-electron chi connectivity index (χ2n) is 8.33. The fraction of sp³-hybridized carbons (Fsp3) is 0.391. The van der Waals surface area contributed by atoms with E-state index in [2.05, 4.69) is 4.90 Å². The van der Waals surface area contributed by atoms with Crippen LogP contribution in [0, 0.1) is 0 Å². The molecule has 2 aromatic rings. The number of ether oxygens (including phenoxy) is 2. The van der Waals surface area contributed by atoms with E-state index in [9.17, 15) is 22.8 Å². The van der Waals surface area contributed by atoms with Gasteiger partial charge in [0.15, 0.2) is 11.5 Å². The highest BCUT2D eigenvalue weighted by atomic mass is 19.4. The normalized spacial score (nSPS) is 21.8. The standard InChI is InChI=1S/C23H22F3N3O4/c24-23(25,26)16-2-4-17(5-3-16)29-21(30)12-18(22(29)31)28-9-7-27(8-10-28)13-15-1-6-19-20(11-15)33-14-32-19/h1-6,11,18H,7-10,12-14H2/t18-/m0/s1. The lowest BCUT2D eigenvalue weighted by Crippen LogP contribution is -2.52. The topological polar surface area (TPSA) is 62.3 Å². The summed E-state index contributed by atoms with van der Waals surface area (Å²) in [6.45, 7) is 3.67. The van der Waals surface area contributed by atoms with Gasteiger partial charge in [-0.05, 0) is 42.0 Å². The number of halogens is 3. The molecular formula is C23H22F3N3O4. The monoisotopic (exact) mass is 461 g/mol. The van der Waals surface area contributed by atoms with Crippen molar-refractivity contribution >= 4 is 17.5 Å². The zero-order valence-electron chi connectivity index (χ0n) is 17.7. The molecule has 0 saturated carbocycles. The van der Waals surface area contributed by atoms with Crippen LogP contribution in [0.1, 0.15) is 17.5 Å². The lowest BCUT2D eigenvalue weighted by molar-refractivity contribution is -0.137. The number of hydrogen-bond acceptors (Lipinski definition) is 6. The van der Waals surface area contributed by atoms with Crippen molar-refractivity contribution in [1.82, 2.24) is 9.80 Å². The number of carbonyl (C=O) groups is 2. The Balaban J connectivity index is 1.20. The molecule has 2 aromatic carbocycles. The number of imide groups is 1. The highest BCUT2D eigenvalue weighted by molar-refractivity contribution is 6.22. The summed E-state index contributed by atoms with van der Waals surface area (Å²) < 4.78 is 49.2. The summed E-state index contributed by atoms with van der Waals surface area (Å²) in [5.41, 5.74) is 0.454. The van der Waals surface area contributed by atoms with Crippen LogP contribution in [-0.2, 0) is 22.3 Å². The Hall–Kier alpha value is -3.11. The number of amides is 2. The van der Waals surface area contributed by atoms with Gasteiger partial charge in [0.05, 0.1) is 23.7 Å². The predicted octanol–water partition coefficient (Wildman–Crippen LogP) is 2.88. The van der Waals surface area contributed by atoms with Crippen LogP contribution in [0.25, 0.3) is 0 Å². The van der Waals surface area contributed by atoms with Crippen LogP contribution in [0.5, 0.6) is 11.5 Å². The van der Waals surface area contributed by atoms with Gasteiger partial charge in [-0.1, -0.05) is 6.07 Å². The van der Waals surface area contributed by atoms with Crippen molar-refractivity contribution in [2.45, 2.75) is 25.2 Å². The summed E-state index contributed by atoms with van der Waals surface area (Å²) in [7, 11) is 0. The lowest BCUT2D eigenvalue weighted by atomic mass is 10.1. The lowest BCUT2D eigenvalue weighted by Gasteiger charge is -2.37. The molecular weight excluding hydrogens is 439 g/mol. The van der Waals surface area contributed by atoms with E-state index in [0.29, 0.717) is 13.1 Å². The minimum absolute atomic E-state index is 0.0298. The minimum Gasteiger partial charge on any atom is -0.454 e. The van der Waals surface area contributed by atoms with Gasteiger partial charge in [0, 0.05) is 32.7 Å². The second kappa shape index (κ2) is 8.35. The van der Waals surface area contributed by atoms with E-state index in [1.807, 2.05) is 23.1 Å². The number of piperazine rings is 1. The molecule has 0 N–H and O–H groups in total. The zero-order chi connectivity index (χ0) is 23.2. The number of alkyl halides is 3. The number of nitrogens with zero attached hydrogens (tertiary/aromatic N) is 3. The maximum absolute atomic E-state index is 13.0. The Morgan fingerprint density at radius 3 is 2.30 bits per heavy atom. The number of anilines is 1. The molecule has 7 nitrogen and oxygen atoms in total. The molecule has 3 aliphatic rings. The molecule has 33 heavy (non-hydrogen) atoms. The molecule has 5 rings (SSSR count). The number of fused-ring (bicyclic) bond motifs is 1. The van der Waals surface area contributed by atoms with E-state index >= 15 is 0 Å². The number of rotatable bonds is 4. The third-order valence-corrected chi connectivity index (χ3v) is 6.27. The molecule has 0 bridgehead atoms. The first-order valence-corrected chi connectivity index (χ1v) is 10.7. The maximum Gasteiger partial charge on any atom is 0.416 e. The fourth-order valence-corrected chi connectivity index (χ4v) is 4.50. The SMILES string of the molecule is O=C1C[C@H](N2CCN(Cc3ccc4c(c3)OCO4)CC2)C(=O)N1c1ccc(C(F)(F)F)cc1. The molecule has 10 heteroatoms. The largest absolute Gasteiger partial charge is 0.454 e. The van der Waals surface area contributed by atoms with Gasteiger partial charge in [0.2, 0.25) is 12.7 Å². The van der Waals surface area contributed by atoms with E-state index in [-0.39, 0.29) is 24.8 Å². The Labute approximate surface area is 188 Å². The predicted molar refractivity (Wildman–Crippen MR) is 112 cm³/mol. The van der Waals surface area contributed by atoms with Crippen molar-refractivity contribution in [2.75, 3.05) is 37.9 Å². The summed E-state index contributed by atoms with van der Waals surface area (Å²) in [6.07, 6.45) is -4.44. The first-order valence-electron chi connectivity index (χ1n) is 10.7. The molecule has 0 aliphatic carbocycles. The van der Waals surface area contributed by atoms with Gasteiger partial charge in [-0.15, -0.1) is 0 Å². The molecule has 0 unspecified atom stereocenters. The van der Waals surface area contributed by atoms with Gasteiger partial charge in [0.25, 0.3) is 5.91 Å². The third-order valence-electron chi connectivity index (χ3n) is 6.27. The van der Waals surface area contributed by atoms with Gasteiger partial charge < -0.3 is 9.47 Å². The molecule has 3 aliphatic heterocycles. The van der Waals surface area contributed by atoms with Crippen molar-refractivity contribution < 1.29 is 32.2 Å². The van der Waals surface area contributed by atoms with E-state index in [4.69, 9.17) is 9.47 Å². The van der Waals surface area contributed by atoms with Crippen molar-refractivity contribution in [3.63, 3.8) is 0 Å². The van der Waals surface area contributed by atoms with Crippen LogP contribution < -0.4 is 14.4 Å². The Bertz CT molecular complexity index is 1070. The molecule has 2 saturated heterocycles. The number of benzene rings is 2. The molecule has 0 aromatic heterocycles. The van der Waals surface area contributed by atoms with Gasteiger partial charge >= 0.3 is 6.18 Å². The van der Waals surface area contributed by atoms with Gasteiger partial charge in [-0.3, -0.25) is 19.4 Å². The summed E-state index contributed by atoms with van der Waals surface area (Å²) in [4.78, 5) is 30.8. The molecule has 2 amide bonds. The van der Waals surface area contributed by atoms with Crippen LogP contribution in [-0.4, -0.2) is 60.6 Å². The fourth-order valence-electron chi connectivity index (χ4n) is 4.50. The summed E-state index contributed by atoms with van der Waals surface area (Å²) in [5, 5.41) is 0. The van der Waals surface area contributed by atoms with Crippen LogP contribution in [0.3, 0.4) is 0 Å². The van der Waals surface area contributed by atoms with Crippen molar-refractivity contribution in [1.29, 1.82) is 0 Å². The summed E-state index contributed by atoms with van der Waals surface area (Å²) in [6, 6.07) is 9.39. The second-order valence-corrected chi connectivity index (χ2v) is 8.33. The molecule has 1 atom stereocenters. The maximum atomic E-state index is 13.0. The number of carbonyl (C=O) groups excluding carboxylic acids is 2. The van der Waals surface area contributed by atoms with Gasteiger partial charge in [-0.2, -0.15) is 13.2 Å². The molecule has 3 heterocycles. The molecule has 2 fully saturated rings. The van der Waals surface area contributed by atoms with Gasteiger partial charge in [0.1, 0.15) is 0 Å². The average molecular weight is 461 g/mol. The Kier molecular flexibility index (Phi) is 5.49. The first kappa shape index (κ1) is 21.7. The minimum atomic E-state index is -4.47. The Morgan fingerprint density at radius 2 is 1.61 bits per heavy atom.